The maximum absolute atomic E-state index is 13.0. The van der Waals surface area contributed by atoms with Crippen molar-refractivity contribution in [2.75, 3.05) is 13.2 Å². The molecule has 1 saturated heterocycles. The van der Waals surface area contributed by atoms with Gasteiger partial charge in [0, 0.05) is 0 Å². The summed E-state index contributed by atoms with van der Waals surface area (Å²) in [5.74, 6) is -0.699. The Morgan fingerprint density at radius 1 is 0.492 bits per heavy atom. The molecule has 1 aliphatic rings. The molecule has 8 N–H and O–H groups in total. The van der Waals surface area contributed by atoms with E-state index in [1.54, 1.807) is 0 Å². The summed E-state index contributed by atoms with van der Waals surface area (Å²) in [5, 5.41) is 75.0. The van der Waals surface area contributed by atoms with Crippen LogP contribution in [0.3, 0.4) is 0 Å². The SMILES string of the molecule is CCCCCCCCCCCCCCCCCCCCCCCCCCCCCCCCCCC(O)C(=O)NC(COC1OC(CO)C(O)C(O)C1O)C(O)C(O)CCCCCC. The standard InChI is InChI=1S/C52H103NO10/c1-3-5-7-9-10-11-12-13-14-15-16-17-18-19-20-21-22-23-24-25-26-27-28-29-30-31-32-33-34-35-36-38-40-45(56)51(61)53-43(47(57)44(55)39-37-8-6-4-2)42-62-52-50(60)49(59)48(58)46(41-54)63-52/h43-50,52,54-60H,3-42H2,1-2H3,(H,53,61). The van der Waals surface area contributed by atoms with E-state index in [0.717, 1.165) is 38.5 Å². The van der Waals surface area contributed by atoms with E-state index >= 15 is 0 Å². The number of rotatable bonds is 46. The van der Waals surface area contributed by atoms with E-state index in [4.69, 9.17) is 9.47 Å². The van der Waals surface area contributed by atoms with Gasteiger partial charge in [0.15, 0.2) is 6.29 Å². The van der Waals surface area contributed by atoms with Gasteiger partial charge in [0.2, 0.25) is 5.91 Å². The smallest absolute Gasteiger partial charge is 0.249 e. The van der Waals surface area contributed by atoms with Crippen molar-refractivity contribution in [3.05, 3.63) is 0 Å². The lowest BCUT2D eigenvalue weighted by Gasteiger charge is -2.40. The minimum absolute atomic E-state index is 0.265. The molecule has 0 spiro atoms. The summed E-state index contributed by atoms with van der Waals surface area (Å²) in [5.41, 5.74) is 0. The summed E-state index contributed by atoms with van der Waals surface area (Å²) >= 11 is 0. The quantitative estimate of drug-likeness (QED) is 0.0273. The van der Waals surface area contributed by atoms with Crippen molar-refractivity contribution in [3.63, 3.8) is 0 Å². The number of amides is 1. The van der Waals surface area contributed by atoms with Crippen LogP contribution in [0.4, 0.5) is 0 Å². The third-order valence-electron chi connectivity index (χ3n) is 13.4. The minimum Gasteiger partial charge on any atom is -0.394 e. The molecule has 376 valence electrons. The molecular formula is C52H103NO10. The molecule has 1 rings (SSSR count). The second kappa shape index (κ2) is 42.5. The Hall–Kier alpha value is -0.890. The van der Waals surface area contributed by atoms with Gasteiger partial charge in [-0.05, 0) is 12.8 Å². The van der Waals surface area contributed by atoms with E-state index < -0.39 is 74.2 Å². The Labute approximate surface area is 386 Å². The van der Waals surface area contributed by atoms with Crippen LogP contribution in [0.5, 0.6) is 0 Å². The molecule has 63 heavy (non-hydrogen) atoms. The van der Waals surface area contributed by atoms with Crippen molar-refractivity contribution in [1.29, 1.82) is 0 Å². The van der Waals surface area contributed by atoms with Gasteiger partial charge >= 0.3 is 0 Å². The highest BCUT2D eigenvalue weighted by molar-refractivity contribution is 5.80. The molecule has 0 aromatic carbocycles. The summed E-state index contributed by atoms with van der Waals surface area (Å²) in [7, 11) is 0. The molecule has 0 aromatic rings. The molecule has 11 nitrogen and oxygen atoms in total. The van der Waals surface area contributed by atoms with Crippen molar-refractivity contribution >= 4 is 5.91 Å². The monoisotopic (exact) mass is 902 g/mol. The third-order valence-corrected chi connectivity index (χ3v) is 13.4. The number of nitrogens with one attached hydrogen (secondary N) is 1. The molecule has 1 amide bonds. The second-order valence-electron chi connectivity index (χ2n) is 19.3. The molecule has 1 aliphatic heterocycles. The van der Waals surface area contributed by atoms with Crippen LogP contribution in [0, 0.1) is 0 Å². The lowest BCUT2D eigenvalue weighted by Crippen LogP contribution is -2.60. The largest absolute Gasteiger partial charge is 0.394 e. The van der Waals surface area contributed by atoms with E-state index in [1.165, 1.54) is 180 Å². The Balaban J connectivity index is 2.05. The predicted octanol–water partition coefficient (Wildman–Crippen LogP) is 10.2. The van der Waals surface area contributed by atoms with Gasteiger partial charge in [-0.3, -0.25) is 4.79 Å². The zero-order chi connectivity index (χ0) is 46.2. The molecule has 11 heteroatoms. The van der Waals surface area contributed by atoms with Crippen LogP contribution in [0.15, 0.2) is 0 Å². The van der Waals surface area contributed by atoms with Crippen LogP contribution in [0.1, 0.15) is 258 Å². The Kier molecular flexibility index (Phi) is 40.5. The average Bonchev–Trinajstić information content (AvgIpc) is 3.28. The number of hydrogen-bond acceptors (Lipinski definition) is 10. The van der Waals surface area contributed by atoms with Crippen molar-refractivity contribution in [1.82, 2.24) is 5.32 Å². The van der Waals surface area contributed by atoms with Crippen LogP contribution in [0.2, 0.25) is 0 Å². The maximum Gasteiger partial charge on any atom is 0.249 e. The van der Waals surface area contributed by atoms with E-state index in [-0.39, 0.29) is 6.42 Å². The summed E-state index contributed by atoms with van der Waals surface area (Å²) in [4.78, 5) is 13.0. The molecule has 0 aliphatic carbocycles. The number of carbonyl (C=O) groups is 1. The summed E-state index contributed by atoms with van der Waals surface area (Å²) in [6, 6.07) is -1.16. The van der Waals surface area contributed by atoms with Crippen molar-refractivity contribution in [3.8, 4) is 0 Å². The van der Waals surface area contributed by atoms with Crippen molar-refractivity contribution < 1.29 is 50.0 Å². The predicted molar refractivity (Wildman–Crippen MR) is 256 cm³/mol. The molecule has 1 fully saturated rings. The fraction of sp³-hybridized carbons (Fsp3) is 0.981. The van der Waals surface area contributed by atoms with Gasteiger partial charge in [0.1, 0.15) is 36.6 Å². The molecule has 9 unspecified atom stereocenters. The minimum atomic E-state index is -1.65. The van der Waals surface area contributed by atoms with E-state index in [1.807, 2.05) is 0 Å². The maximum atomic E-state index is 13.0. The van der Waals surface area contributed by atoms with Crippen LogP contribution in [-0.4, -0.2) is 110 Å². The highest BCUT2D eigenvalue weighted by atomic mass is 16.7. The molecule has 0 saturated carbocycles. The highest BCUT2D eigenvalue weighted by Crippen LogP contribution is 2.23. The number of carbonyl (C=O) groups excluding carboxylic acids is 1. The van der Waals surface area contributed by atoms with Crippen LogP contribution in [-0.2, 0) is 14.3 Å². The number of hydrogen-bond donors (Lipinski definition) is 8. The van der Waals surface area contributed by atoms with E-state index in [0.29, 0.717) is 19.3 Å². The van der Waals surface area contributed by atoms with Gasteiger partial charge in [0.25, 0.3) is 0 Å². The van der Waals surface area contributed by atoms with Crippen LogP contribution < -0.4 is 5.32 Å². The summed E-state index contributed by atoms with van der Waals surface area (Å²) < 4.78 is 11.0. The fourth-order valence-corrected chi connectivity index (χ4v) is 8.97. The van der Waals surface area contributed by atoms with Gasteiger partial charge in [-0.1, -0.05) is 245 Å². The molecular weight excluding hydrogens is 799 g/mol. The topological polar surface area (TPSA) is 189 Å². The second-order valence-corrected chi connectivity index (χ2v) is 19.3. The van der Waals surface area contributed by atoms with Crippen molar-refractivity contribution in [2.45, 2.75) is 313 Å². The van der Waals surface area contributed by atoms with Crippen molar-refractivity contribution in [2.24, 2.45) is 0 Å². The molecule has 9 atom stereocenters. The van der Waals surface area contributed by atoms with Crippen LogP contribution >= 0.6 is 0 Å². The zero-order valence-corrected chi connectivity index (χ0v) is 40.8. The number of aliphatic hydroxyl groups excluding tert-OH is 7. The fourth-order valence-electron chi connectivity index (χ4n) is 8.97. The van der Waals surface area contributed by atoms with Gasteiger partial charge in [0.05, 0.1) is 25.4 Å². The Morgan fingerprint density at radius 3 is 1.19 bits per heavy atom. The lowest BCUT2D eigenvalue weighted by molar-refractivity contribution is -0.303. The molecule has 0 aromatic heterocycles. The van der Waals surface area contributed by atoms with E-state index in [9.17, 15) is 40.5 Å². The first-order valence-corrected chi connectivity index (χ1v) is 26.9. The Morgan fingerprint density at radius 2 is 0.825 bits per heavy atom. The summed E-state index contributed by atoms with van der Waals surface area (Å²) in [6.07, 6.45) is 35.7. The summed E-state index contributed by atoms with van der Waals surface area (Å²) in [6.45, 7) is 3.31. The van der Waals surface area contributed by atoms with Crippen LogP contribution in [0.25, 0.3) is 0 Å². The molecule has 0 bridgehead atoms. The molecule has 1 heterocycles. The number of ether oxygens (including phenoxy) is 2. The third kappa shape index (κ3) is 31.7. The zero-order valence-electron chi connectivity index (χ0n) is 40.8. The average molecular weight is 902 g/mol. The normalized spacial score (nSPS) is 21.1. The number of aliphatic hydroxyl groups is 7. The van der Waals surface area contributed by atoms with Gasteiger partial charge in [-0.15, -0.1) is 0 Å². The highest BCUT2D eigenvalue weighted by Gasteiger charge is 2.44. The first-order valence-electron chi connectivity index (χ1n) is 26.9. The lowest BCUT2D eigenvalue weighted by atomic mass is 9.98. The van der Waals surface area contributed by atoms with Gasteiger partial charge in [-0.25, -0.2) is 0 Å². The first kappa shape index (κ1) is 60.1. The van der Waals surface area contributed by atoms with Gasteiger partial charge in [-0.2, -0.15) is 0 Å². The first-order chi connectivity index (χ1) is 30.7. The van der Waals surface area contributed by atoms with E-state index in [2.05, 4.69) is 19.2 Å². The number of unbranched alkanes of at least 4 members (excludes halogenated alkanes) is 34. The molecule has 0 radical (unpaired) electrons. The van der Waals surface area contributed by atoms with Gasteiger partial charge < -0.3 is 50.5 Å². The Bertz CT molecular complexity index is 991.